The standard InChI is InChI=1S/C12H22N4O2/c1-9(2)7-5-6-8-13-10-14-11(17-3)16-12(15-10)18-4/h9H,5-8H2,1-4H3,(H,13,14,15,16). The van der Waals surface area contributed by atoms with Gasteiger partial charge in [-0.2, -0.15) is 9.97 Å². The highest BCUT2D eigenvalue weighted by Gasteiger charge is 2.06. The molecule has 0 unspecified atom stereocenters. The number of hydrogen-bond acceptors (Lipinski definition) is 6. The number of methoxy groups -OCH3 is 2. The van der Waals surface area contributed by atoms with E-state index in [1.54, 1.807) is 0 Å². The summed E-state index contributed by atoms with van der Waals surface area (Å²) in [6, 6.07) is 0.512. The van der Waals surface area contributed by atoms with Crippen molar-refractivity contribution in [3.63, 3.8) is 0 Å². The van der Waals surface area contributed by atoms with E-state index in [-0.39, 0.29) is 12.0 Å². The number of rotatable bonds is 8. The fraction of sp³-hybridized carbons (Fsp3) is 0.750. The van der Waals surface area contributed by atoms with E-state index in [0.29, 0.717) is 5.95 Å². The minimum absolute atomic E-state index is 0.256. The molecule has 0 saturated carbocycles. The van der Waals surface area contributed by atoms with Crippen LogP contribution in [0, 0.1) is 5.92 Å². The van der Waals surface area contributed by atoms with Gasteiger partial charge in [-0.15, -0.1) is 4.98 Å². The second-order valence-corrected chi connectivity index (χ2v) is 4.45. The summed E-state index contributed by atoms with van der Waals surface area (Å²) in [5, 5.41) is 3.15. The maximum absolute atomic E-state index is 4.97. The van der Waals surface area contributed by atoms with E-state index < -0.39 is 0 Å². The molecule has 1 aromatic rings. The average molecular weight is 254 g/mol. The second kappa shape index (κ2) is 7.68. The first-order chi connectivity index (χ1) is 8.65. The summed E-state index contributed by atoms with van der Waals surface area (Å²) in [5.74, 6) is 1.24. The first-order valence-electron chi connectivity index (χ1n) is 6.23. The third-order valence-electron chi connectivity index (χ3n) is 2.45. The zero-order valence-corrected chi connectivity index (χ0v) is 11.6. The summed E-state index contributed by atoms with van der Waals surface area (Å²) >= 11 is 0. The van der Waals surface area contributed by atoms with E-state index in [1.807, 2.05) is 0 Å². The summed E-state index contributed by atoms with van der Waals surface area (Å²) < 4.78 is 9.95. The Labute approximate surface area is 108 Å². The van der Waals surface area contributed by atoms with Gasteiger partial charge in [-0.25, -0.2) is 0 Å². The Morgan fingerprint density at radius 1 is 1.00 bits per heavy atom. The van der Waals surface area contributed by atoms with Gasteiger partial charge in [-0.05, 0) is 12.3 Å². The molecular formula is C12H22N4O2. The van der Waals surface area contributed by atoms with Crippen molar-refractivity contribution in [3.8, 4) is 12.0 Å². The van der Waals surface area contributed by atoms with Crippen molar-refractivity contribution < 1.29 is 9.47 Å². The van der Waals surface area contributed by atoms with Gasteiger partial charge in [0.2, 0.25) is 5.95 Å². The SMILES string of the molecule is COc1nc(NCCCCC(C)C)nc(OC)n1. The van der Waals surface area contributed by atoms with Gasteiger partial charge in [0.15, 0.2) is 0 Å². The van der Waals surface area contributed by atoms with Crippen LogP contribution in [0.2, 0.25) is 0 Å². The minimum atomic E-state index is 0.256. The number of ether oxygens (including phenoxy) is 2. The van der Waals surface area contributed by atoms with Crippen LogP contribution in [-0.4, -0.2) is 35.7 Å². The lowest BCUT2D eigenvalue weighted by Gasteiger charge is -2.08. The zero-order valence-electron chi connectivity index (χ0n) is 11.6. The van der Waals surface area contributed by atoms with Crippen molar-refractivity contribution in [2.45, 2.75) is 33.1 Å². The number of nitrogens with one attached hydrogen (secondary N) is 1. The van der Waals surface area contributed by atoms with Crippen LogP contribution in [0.1, 0.15) is 33.1 Å². The molecule has 0 atom stereocenters. The predicted molar refractivity (Wildman–Crippen MR) is 70.1 cm³/mol. The average Bonchev–Trinajstić information content (AvgIpc) is 2.37. The van der Waals surface area contributed by atoms with E-state index in [1.165, 1.54) is 27.1 Å². The van der Waals surface area contributed by atoms with Gasteiger partial charge >= 0.3 is 12.0 Å². The highest BCUT2D eigenvalue weighted by molar-refractivity contribution is 5.27. The third kappa shape index (κ3) is 5.16. The topological polar surface area (TPSA) is 69.2 Å². The Hall–Kier alpha value is -1.59. The third-order valence-corrected chi connectivity index (χ3v) is 2.45. The summed E-state index contributed by atoms with van der Waals surface area (Å²) in [6.07, 6.45) is 3.53. The summed E-state index contributed by atoms with van der Waals surface area (Å²) in [5.41, 5.74) is 0. The lowest BCUT2D eigenvalue weighted by Crippen LogP contribution is -2.08. The predicted octanol–water partition coefficient (Wildman–Crippen LogP) is 2.13. The van der Waals surface area contributed by atoms with E-state index in [9.17, 15) is 0 Å². The van der Waals surface area contributed by atoms with Crippen molar-refractivity contribution in [1.82, 2.24) is 15.0 Å². The van der Waals surface area contributed by atoms with Crippen LogP contribution in [-0.2, 0) is 0 Å². The fourth-order valence-corrected chi connectivity index (χ4v) is 1.48. The molecular weight excluding hydrogens is 232 g/mol. The molecule has 18 heavy (non-hydrogen) atoms. The van der Waals surface area contributed by atoms with Gasteiger partial charge in [0, 0.05) is 6.54 Å². The fourth-order valence-electron chi connectivity index (χ4n) is 1.48. The Balaban J connectivity index is 2.41. The largest absolute Gasteiger partial charge is 0.467 e. The maximum atomic E-state index is 4.97. The molecule has 1 N–H and O–H groups in total. The van der Waals surface area contributed by atoms with Crippen LogP contribution >= 0.6 is 0 Å². The first kappa shape index (κ1) is 14.5. The molecule has 0 aliphatic heterocycles. The van der Waals surface area contributed by atoms with Gasteiger partial charge in [-0.3, -0.25) is 0 Å². The lowest BCUT2D eigenvalue weighted by molar-refractivity contribution is 0.341. The van der Waals surface area contributed by atoms with Crippen molar-refractivity contribution in [2.24, 2.45) is 5.92 Å². The van der Waals surface area contributed by atoms with E-state index in [0.717, 1.165) is 18.9 Å². The molecule has 6 heteroatoms. The van der Waals surface area contributed by atoms with Crippen molar-refractivity contribution in [3.05, 3.63) is 0 Å². The number of nitrogens with zero attached hydrogens (tertiary/aromatic N) is 3. The molecule has 0 aromatic carbocycles. The van der Waals surface area contributed by atoms with Gasteiger partial charge in [0.25, 0.3) is 0 Å². The minimum Gasteiger partial charge on any atom is -0.467 e. The van der Waals surface area contributed by atoms with Gasteiger partial charge in [0.05, 0.1) is 14.2 Å². The molecule has 1 rings (SSSR count). The summed E-state index contributed by atoms with van der Waals surface area (Å²) in [4.78, 5) is 12.1. The summed E-state index contributed by atoms with van der Waals surface area (Å²) in [7, 11) is 3.03. The molecule has 0 aliphatic rings. The van der Waals surface area contributed by atoms with Gasteiger partial charge in [0.1, 0.15) is 0 Å². The lowest BCUT2D eigenvalue weighted by atomic mass is 10.1. The smallest absolute Gasteiger partial charge is 0.324 e. The van der Waals surface area contributed by atoms with E-state index in [4.69, 9.17) is 9.47 Å². The molecule has 6 nitrogen and oxygen atoms in total. The molecule has 0 spiro atoms. The Morgan fingerprint density at radius 2 is 1.61 bits per heavy atom. The van der Waals surface area contributed by atoms with Crippen molar-refractivity contribution >= 4 is 5.95 Å². The quantitative estimate of drug-likeness (QED) is 0.717. The maximum Gasteiger partial charge on any atom is 0.324 e. The Morgan fingerprint density at radius 3 is 2.11 bits per heavy atom. The molecule has 1 heterocycles. The van der Waals surface area contributed by atoms with Gasteiger partial charge < -0.3 is 14.8 Å². The molecule has 1 aromatic heterocycles. The van der Waals surface area contributed by atoms with Crippen LogP contribution in [0.25, 0.3) is 0 Å². The molecule has 0 fully saturated rings. The second-order valence-electron chi connectivity index (χ2n) is 4.45. The normalized spacial score (nSPS) is 10.5. The van der Waals surface area contributed by atoms with Crippen LogP contribution in [0.3, 0.4) is 0 Å². The van der Waals surface area contributed by atoms with Crippen LogP contribution < -0.4 is 14.8 Å². The van der Waals surface area contributed by atoms with Crippen molar-refractivity contribution in [1.29, 1.82) is 0 Å². The van der Waals surface area contributed by atoms with Gasteiger partial charge in [-0.1, -0.05) is 26.7 Å². The molecule has 0 amide bonds. The van der Waals surface area contributed by atoms with Crippen LogP contribution in [0.4, 0.5) is 5.95 Å². The number of anilines is 1. The molecule has 0 saturated heterocycles. The van der Waals surface area contributed by atoms with E-state index in [2.05, 4.69) is 34.1 Å². The molecule has 0 bridgehead atoms. The molecule has 0 aliphatic carbocycles. The Bertz CT molecular complexity index is 336. The van der Waals surface area contributed by atoms with E-state index >= 15 is 0 Å². The number of aromatic nitrogens is 3. The first-order valence-corrected chi connectivity index (χ1v) is 6.23. The van der Waals surface area contributed by atoms with Crippen LogP contribution in [0.5, 0.6) is 12.0 Å². The van der Waals surface area contributed by atoms with Crippen LogP contribution in [0.15, 0.2) is 0 Å². The molecule has 0 radical (unpaired) electrons. The zero-order chi connectivity index (χ0) is 13.4. The molecule has 102 valence electrons. The Kier molecular flexibility index (Phi) is 6.18. The number of unbranched alkanes of at least 4 members (excludes halogenated alkanes) is 1. The highest BCUT2D eigenvalue weighted by Crippen LogP contribution is 2.12. The number of hydrogen-bond donors (Lipinski definition) is 1. The van der Waals surface area contributed by atoms with Crippen molar-refractivity contribution in [2.75, 3.05) is 26.1 Å². The highest BCUT2D eigenvalue weighted by atomic mass is 16.5. The monoisotopic (exact) mass is 254 g/mol. The summed E-state index contributed by atoms with van der Waals surface area (Å²) in [6.45, 7) is 5.30.